The zero-order chi connectivity index (χ0) is 14.1. The smallest absolute Gasteiger partial charge is 0.141 e. The maximum Gasteiger partial charge on any atom is 0.141 e. The first-order valence-corrected chi connectivity index (χ1v) is 9.23. The van der Waals surface area contributed by atoms with E-state index >= 15 is 0 Å². The van der Waals surface area contributed by atoms with Gasteiger partial charge in [0, 0.05) is 18.4 Å². The summed E-state index contributed by atoms with van der Waals surface area (Å²) in [7, 11) is 0. The molecule has 0 N–H and O–H groups in total. The van der Waals surface area contributed by atoms with E-state index in [1.54, 1.807) is 17.7 Å². The minimum Gasteiger partial charge on any atom is -0.356 e. The lowest BCUT2D eigenvalue weighted by molar-refractivity contribution is 0.445. The van der Waals surface area contributed by atoms with Crippen molar-refractivity contribution in [3.8, 4) is 0 Å². The second-order valence-corrected chi connectivity index (χ2v) is 7.31. The third-order valence-electron chi connectivity index (χ3n) is 4.13. The standard InChI is InChI=1S/C15H20BrN3S/c1-10(2)12-8-20-15-13(12)14(17-9-18-15)19-5-3-11(7-16)4-6-19/h8-11H,3-7H2,1-2H3. The van der Waals surface area contributed by atoms with Crippen LogP contribution in [0.2, 0.25) is 0 Å². The predicted molar refractivity (Wildman–Crippen MR) is 90.2 cm³/mol. The number of fused-ring (bicyclic) bond motifs is 1. The van der Waals surface area contributed by atoms with Crippen molar-refractivity contribution in [2.75, 3.05) is 23.3 Å². The molecular formula is C15H20BrN3S. The Morgan fingerprint density at radius 2 is 2.10 bits per heavy atom. The van der Waals surface area contributed by atoms with Gasteiger partial charge in [0.05, 0.1) is 5.39 Å². The van der Waals surface area contributed by atoms with Crippen molar-refractivity contribution in [1.29, 1.82) is 0 Å². The molecule has 1 aliphatic heterocycles. The van der Waals surface area contributed by atoms with Crippen LogP contribution in [0.25, 0.3) is 10.2 Å². The quantitative estimate of drug-likeness (QED) is 0.764. The van der Waals surface area contributed by atoms with Crippen LogP contribution in [0.1, 0.15) is 38.2 Å². The van der Waals surface area contributed by atoms with Gasteiger partial charge in [-0.3, -0.25) is 0 Å². The number of alkyl halides is 1. The number of thiophene rings is 1. The van der Waals surface area contributed by atoms with E-state index < -0.39 is 0 Å². The van der Waals surface area contributed by atoms with Gasteiger partial charge in [-0.15, -0.1) is 11.3 Å². The van der Waals surface area contributed by atoms with Crippen LogP contribution in [-0.2, 0) is 0 Å². The predicted octanol–water partition coefficient (Wildman–Crippen LogP) is 4.43. The molecule has 2 aromatic heterocycles. The average Bonchev–Trinajstić information content (AvgIpc) is 2.91. The lowest BCUT2D eigenvalue weighted by Crippen LogP contribution is -2.34. The number of aromatic nitrogens is 2. The minimum absolute atomic E-state index is 0.522. The van der Waals surface area contributed by atoms with Gasteiger partial charge in [0.2, 0.25) is 0 Å². The van der Waals surface area contributed by atoms with Crippen LogP contribution in [0.4, 0.5) is 5.82 Å². The molecule has 0 spiro atoms. The van der Waals surface area contributed by atoms with Crippen LogP contribution < -0.4 is 4.90 Å². The fourth-order valence-corrected chi connectivity index (χ4v) is 4.56. The molecule has 3 heterocycles. The first kappa shape index (κ1) is 14.3. The van der Waals surface area contributed by atoms with Crippen LogP contribution >= 0.6 is 27.3 Å². The minimum atomic E-state index is 0.522. The zero-order valence-electron chi connectivity index (χ0n) is 12.0. The zero-order valence-corrected chi connectivity index (χ0v) is 14.4. The van der Waals surface area contributed by atoms with E-state index in [0.717, 1.165) is 35.0 Å². The molecule has 3 nitrogen and oxygen atoms in total. The number of piperidine rings is 1. The summed E-state index contributed by atoms with van der Waals surface area (Å²) in [6.07, 6.45) is 4.21. The fraction of sp³-hybridized carbons (Fsp3) is 0.600. The molecule has 0 bridgehead atoms. The van der Waals surface area contributed by atoms with E-state index in [-0.39, 0.29) is 0 Å². The molecule has 0 atom stereocenters. The van der Waals surface area contributed by atoms with Gasteiger partial charge in [-0.1, -0.05) is 29.8 Å². The number of hydrogen-bond donors (Lipinski definition) is 0. The molecule has 2 aromatic rings. The Morgan fingerprint density at radius 3 is 2.75 bits per heavy atom. The van der Waals surface area contributed by atoms with Gasteiger partial charge in [0.15, 0.2) is 0 Å². The topological polar surface area (TPSA) is 29.0 Å². The summed E-state index contributed by atoms with van der Waals surface area (Å²) >= 11 is 5.35. The largest absolute Gasteiger partial charge is 0.356 e. The molecule has 0 saturated carbocycles. The van der Waals surface area contributed by atoms with Crippen molar-refractivity contribution >= 4 is 43.3 Å². The van der Waals surface area contributed by atoms with Crippen LogP contribution in [0, 0.1) is 5.92 Å². The Labute approximate surface area is 132 Å². The molecule has 0 unspecified atom stereocenters. The van der Waals surface area contributed by atoms with Crippen LogP contribution in [-0.4, -0.2) is 28.4 Å². The highest BCUT2D eigenvalue weighted by Gasteiger charge is 2.23. The van der Waals surface area contributed by atoms with Crippen molar-refractivity contribution in [1.82, 2.24) is 9.97 Å². The van der Waals surface area contributed by atoms with Crippen molar-refractivity contribution in [2.45, 2.75) is 32.6 Å². The summed E-state index contributed by atoms with van der Waals surface area (Å²) in [6.45, 7) is 6.70. The van der Waals surface area contributed by atoms with Gasteiger partial charge in [0.25, 0.3) is 0 Å². The van der Waals surface area contributed by atoms with E-state index in [0.29, 0.717) is 5.92 Å². The fourth-order valence-electron chi connectivity index (χ4n) is 2.84. The average molecular weight is 354 g/mol. The van der Waals surface area contributed by atoms with Crippen LogP contribution in [0.15, 0.2) is 11.7 Å². The number of halogens is 1. The van der Waals surface area contributed by atoms with Gasteiger partial charge < -0.3 is 4.90 Å². The van der Waals surface area contributed by atoms with E-state index in [1.165, 1.54) is 23.8 Å². The first-order chi connectivity index (χ1) is 9.70. The molecule has 0 aliphatic carbocycles. The Morgan fingerprint density at radius 1 is 1.35 bits per heavy atom. The van der Waals surface area contributed by atoms with Gasteiger partial charge in [0.1, 0.15) is 17.0 Å². The van der Waals surface area contributed by atoms with Crippen molar-refractivity contribution in [3.63, 3.8) is 0 Å². The Hall–Kier alpha value is -0.680. The van der Waals surface area contributed by atoms with Crippen molar-refractivity contribution < 1.29 is 0 Å². The van der Waals surface area contributed by atoms with E-state index in [4.69, 9.17) is 0 Å². The first-order valence-electron chi connectivity index (χ1n) is 7.23. The van der Waals surface area contributed by atoms with E-state index in [9.17, 15) is 0 Å². The van der Waals surface area contributed by atoms with Crippen molar-refractivity contribution in [2.24, 2.45) is 5.92 Å². The highest BCUT2D eigenvalue weighted by Crippen LogP contribution is 2.36. The van der Waals surface area contributed by atoms with Crippen molar-refractivity contribution in [3.05, 3.63) is 17.3 Å². The summed E-state index contributed by atoms with van der Waals surface area (Å²) in [5, 5.41) is 4.65. The van der Waals surface area contributed by atoms with E-state index in [1.807, 2.05) is 0 Å². The van der Waals surface area contributed by atoms with Gasteiger partial charge >= 0.3 is 0 Å². The summed E-state index contributed by atoms with van der Waals surface area (Å²) in [5.74, 6) is 2.48. The van der Waals surface area contributed by atoms with Gasteiger partial charge in [-0.25, -0.2) is 9.97 Å². The van der Waals surface area contributed by atoms with Crippen LogP contribution in [0.3, 0.4) is 0 Å². The maximum atomic E-state index is 4.61. The second kappa shape index (κ2) is 5.98. The number of hydrogen-bond acceptors (Lipinski definition) is 4. The summed E-state index contributed by atoms with van der Waals surface area (Å²) < 4.78 is 0. The third kappa shape index (κ3) is 2.58. The lowest BCUT2D eigenvalue weighted by Gasteiger charge is -2.32. The highest BCUT2D eigenvalue weighted by atomic mass is 79.9. The third-order valence-corrected chi connectivity index (χ3v) is 5.95. The van der Waals surface area contributed by atoms with Gasteiger partial charge in [-0.05, 0) is 35.6 Å². The summed E-state index contributed by atoms with van der Waals surface area (Å²) in [5.41, 5.74) is 1.39. The lowest BCUT2D eigenvalue weighted by atomic mass is 9.98. The number of rotatable bonds is 3. The summed E-state index contributed by atoms with van der Waals surface area (Å²) in [6, 6.07) is 0. The van der Waals surface area contributed by atoms with Gasteiger partial charge in [-0.2, -0.15) is 0 Å². The van der Waals surface area contributed by atoms with E-state index in [2.05, 4.69) is 50.0 Å². The molecule has 3 rings (SSSR count). The molecule has 108 valence electrons. The number of nitrogens with zero attached hydrogens (tertiary/aromatic N) is 3. The monoisotopic (exact) mass is 353 g/mol. The molecular weight excluding hydrogens is 334 g/mol. The Balaban J connectivity index is 1.97. The molecule has 0 aromatic carbocycles. The molecule has 20 heavy (non-hydrogen) atoms. The molecule has 0 radical (unpaired) electrons. The Kier molecular flexibility index (Phi) is 4.26. The SMILES string of the molecule is CC(C)c1csc2ncnc(N3CCC(CBr)CC3)c12. The molecule has 1 saturated heterocycles. The molecule has 0 amide bonds. The van der Waals surface area contributed by atoms with Crippen LogP contribution in [0.5, 0.6) is 0 Å². The molecule has 1 aliphatic rings. The summed E-state index contributed by atoms with van der Waals surface area (Å²) in [4.78, 5) is 12.6. The Bertz CT molecular complexity index is 588. The molecule has 5 heteroatoms. The maximum absolute atomic E-state index is 4.61. The number of anilines is 1. The second-order valence-electron chi connectivity index (χ2n) is 5.81. The normalized spacial score (nSPS) is 17.3. The highest BCUT2D eigenvalue weighted by molar-refractivity contribution is 9.09. The molecule has 1 fully saturated rings.